The molecule has 5 nitrogen and oxygen atoms in total. The van der Waals surface area contributed by atoms with Crippen LogP contribution in [0.1, 0.15) is 18.1 Å². The molecule has 0 radical (unpaired) electrons. The van der Waals surface area contributed by atoms with Crippen molar-refractivity contribution in [3.8, 4) is 0 Å². The van der Waals surface area contributed by atoms with E-state index in [9.17, 15) is 9.90 Å². The van der Waals surface area contributed by atoms with Gasteiger partial charge in [-0.25, -0.2) is 4.79 Å². The molecule has 1 rings (SSSR count). The molecule has 1 aromatic rings. The Morgan fingerprint density at radius 2 is 2.06 bits per heavy atom. The van der Waals surface area contributed by atoms with Gasteiger partial charge in [-0.1, -0.05) is 24.3 Å². The summed E-state index contributed by atoms with van der Waals surface area (Å²) >= 11 is 0. The summed E-state index contributed by atoms with van der Waals surface area (Å²) in [6.07, 6.45) is 0. The van der Waals surface area contributed by atoms with Crippen LogP contribution in [0, 0.1) is 0 Å². The highest BCUT2D eigenvalue weighted by molar-refractivity contribution is 5.76. The average Bonchev–Trinajstić information content (AvgIpc) is 2.29. The molecule has 0 saturated heterocycles. The number of carboxylic acid groups (broad SMARTS) is 1. The van der Waals surface area contributed by atoms with Crippen LogP contribution in [-0.2, 0) is 17.9 Å². The fraction of sp³-hybridized carbons (Fsp3) is 0.417. The van der Waals surface area contributed by atoms with Crippen molar-refractivity contribution in [2.45, 2.75) is 25.7 Å². The Labute approximate surface area is 99.7 Å². The lowest BCUT2D eigenvalue weighted by Crippen LogP contribution is -2.44. The van der Waals surface area contributed by atoms with E-state index in [0.29, 0.717) is 6.54 Å². The van der Waals surface area contributed by atoms with Crippen molar-refractivity contribution >= 4 is 5.97 Å². The summed E-state index contributed by atoms with van der Waals surface area (Å²) in [5.41, 5.74) is -0.0405. The smallest absolute Gasteiger partial charge is 0.336 e. The number of nitrogens with one attached hydrogen (secondary N) is 1. The fourth-order valence-corrected chi connectivity index (χ4v) is 1.36. The maximum Gasteiger partial charge on any atom is 0.336 e. The van der Waals surface area contributed by atoms with E-state index in [1.807, 2.05) is 18.2 Å². The van der Waals surface area contributed by atoms with Gasteiger partial charge in [-0.2, -0.15) is 0 Å². The van der Waals surface area contributed by atoms with Gasteiger partial charge in [-0.3, -0.25) is 0 Å². The number of carbonyl (C=O) groups is 1. The number of rotatable bonds is 6. The summed E-state index contributed by atoms with van der Waals surface area (Å²) in [5, 5.41) is 30.0. The molecule has 0 spiro atoms. The van der Waals surface area contributed by atoms with E-state index in [2.05, 4.69) is 5.32 Å². The second kappa shape index (κ2) is 5.77. The van der Waals surface area contributed by atoms with Crippen molar-refractivity contribution in [3.05, 3.63) is 35.4 Å². The zero-order valence-electron chi connectivity index (χ0n) is 9.68. The van der Waals surface area contributed by atoms with Gasteiger partial charge in [-0.05, 0) is 18.1 Å². The van der Waals surface area contributed by atoms with Gasteiger partial charge in [0.1, 0.15) is 0 Å². The third-order valence-corrected chi connectivity index (χ3v) is 2.43. The summed E-state index contributed by atoms with van der Waals surface area (Å²) in [4.78, 5) is 10.6. The molecule has 0 bridgehead atoms. The first-order valence-electron chi connectivity index (χ1n) is 5.31. The normalized spacial score (nSPS) is 14.3. The number of hydrogen-bond donors (Lipinski definition) is 4. The van der Waals surface area contributed by atoms with Crippen molar-refractivity contribution in [1.82, 2.24) is 5.32 Å². The predicted octanol–water partition coefficient (Wildman–Crippen LogP) is 0.104. The quantitative estimate of drug-likeness (QED) is 0.565. The summed E-state index contributed by atoms with van der Waals surface area (Å²) in [7, 11) is 0. The Morgan fingerprint density at radius 3 is 2.65 bits per heavy atom. The second-order valence-electron chi connectivity index (χ2n) is 4.16. The molecule has 4 N–H and O–H groups in total. The number of aliphatic hydroxyl groups excluding tert-OH is 1. The van der Waals surface area contributed by atoms with E-state index in [0.717, 1.165) is 11.1 Å². The lowest BCUT2D eigenvalue weighted by atomic mass is 10.1. The molecule has 0 saturated carbocycles. The number of aliphatic carboxylic acids is 1. The molecular formula is C12H17NO4. The summed E-state index contributed by atoms with van der Waals surface area (Å²) in [6, 6.07) is 7.30. The topological polar surface area (TPSA) is 89.8 Å². The van der Waals surface area contributed by atoms with Crippen LogP contribution in [0.15, 0.2) is 24.3 Å². The summed E-state index contributed by atoms with van der Waals surface area (Å²) < 4.78 is 0. The first kappa shape index (κ1) is 13.6. The molecule has 1 aromatic carbocycles. The molecule has 0 aromatic heterocycles. The molecule has 17 heavy (non-hydrogen) atoms. The van der Waals surface area contributed by atoms with Gasteiger partial charge in [0.2, 0.25) is 0 Å². The zero-order valence-corrected chi connectivity index (χ0v) is 9.68. The Kier molecular flexibility index (Phi) is 4.62. The third-order valence-electron chi connectivity index (χ3n) is 2.43. The summed E-state index contributed by atoms with van der Waals surface area (Å²) in [6.45, 7) is 1.62. The lowest BCUT2D eigenvalue weighted by molar-refractivity contribution is -0.156. The van der Waals surface area contributed by atoms with Crippen LogP contribution in [0.25, 0.3) is 0 Å². The van der Waals surface area contributed by atoms with E-state index >= 15 is 0 Å². The minimum atomic E-state index is -1.77. The van der Waals surface area contributed by atoms with Crippen molar-refractivity contribution < 1.29 is 20.1 Å². The van der Waals surface area contributed by atoms with Gasteiger partial charge in [0, 0.05) is 13.1 Å². The highest BCUT2D eigenvalue weighted by Crippen LogP contribution is 2.06. The van der Waals surface area contributed by atoms with Crippen LogP contribution in [-0.4, -0.2) is 33.4 Å². The molecule has 0 aliphatic rings. The molecule has 0 fully saturated rings. The standard InChI is InChI=1S/C12H17NO4/c1-12(17,11(15)16)8-13-6-9-3-2-4-10(5-9)7-14/h2-5,13-14,17H,6-8H2,1H3,(H,15,16). The molecule has 94 valence electrons. The number of carboxylic acids is 1. The number of benzene rings is 1. The van der Waals surface area contributed by atoms with E-state index < -0.39 is 11.6 Å². The molecule has 0 amide bonds. The number of aliphatic hydroxyl groups is 2. The van der Waals surface area contributed by atoms with Crippen molar-refractivity contribution in [1.29, 1.82) is 0 Å². The first-order chi connectivity index (χ1) is 7.95. The Morgan fingerprint density at radius 1 is 1.41 bits per heavy atom. The Hall–Kier alpha value is -1.43. The third kappa shape index (κ3) is 4.14. The van der Waals surface area contributed by atoms with Gasteiger partial charge in [-0.15, -0.1) is 0 Å². The average molecular weight is 239 g/mol. The monoisotopic (exact) mass is 239 g/mol. The maximum atomic E-state index is 10.6. The maximum absolute atomic E-state index is 10.6. The van der Waals surface area contributed by atoms with Crippen molar-refractivity contribution in [2.24, 2.45) is 0 Å². The SMILES string of the molecule is CC(O)(CNCc1cccc(CO)c1)C(=O)O. The Bertz CT molecular complexity index is 390. The lowest BCUT2D eigenvalue weighted by Gasteiger charge is -2.18. The van der Waals surface area contributed by atoms with Crippen molar-refractivity contribution in [3.63, 3.8) is 0 Å². The highest BCUT2D eigenvalue weighted by atomic mass is 16.4. The second-order valence-corrected chi connectivity index (χ2v) is 4.16. The number of hydrogen-bond acceptors (Lipinski definition) is 4. The van der Waals surface area contributed by atoms with Crippen molar-refractivity contribution in [2.75, 3.05) is 6.54 Å². The van der Waals surface area contributed by atoms with Gasteiger partial charge in [0.25, 0.3) is 0 Å². The molecule has 1 atom stereocenters. The van der Waals surface area contributed by atoms with Crippen LogP contribution < -0.4 is 5.32 Å². The predicted molar refractivity (Wildman–Crippen MR) is 62.3 cm³/mol. The van der Waals surface area contributed by atoms with Crippen LogP contribution in [0.2, 0.25) is 0 Å². The largest absolute Gasteiger partial charge is 0.479 e. The van der Waals surface area contributed by atoms with Gasteiger partial charge in [0.15, 0.2) is 5.60 Å². The van der Waals surface area contributed by atoms with E-state index in [1.54, 1.807) is 6.07 Å². The van der Waals surface area contributed by atoms with E-state index in [4.69, 9.17) is 10.2 Å². The molecule has 0 aliphatic heterocycles. The van der Waals surface area contributed by atoms with Crippen LogP contribution in [0.3, 0.4) is 0 Å². The van der Waals surface area contributed by atoms with Crippen LogP contribution >= 0.6 is 0 Å². The fourth-order valence-electron chi connectivity index (χ4n) is 1.36. The van der Waals surface area contributed by atoms with E-state index in [-0.39, 0.29) is 13.2 Å². The van der Waals surface area contributed by atoms with E-state index in [1.165, 1.54) is 6.92 Å². The molecule has 0 aliphatic carbocycles. The molecule has 5 heteroatoms. The van der Waals surface area contributed by atoms with Gasteiger partial charge in [0.05, 0.1) is 6.61 Å². The minimum Gasteiger partial charge on any atom is -0.479 e. The minimum absolute atomic E-state index is 0.0271. The van der Waals surface area contributed by atoms with Gasteiger partial charge < -0.3 is 20.6 Å². The first-order valence-corrected chi connectivity index (χ1v) is 5.31. The molecule has 0 heterocycles. The Balaban J connectivity index is 2.48. The zero-order chi connectivity index (χ0) is 12.9. The molecular weight excluding hydrogens is 222 g/mol. The highest BCUT2D eigenvalue weighted by Gasteiger charge is 2.28. The van der Waals surface area contributed by atoms with Crippen LogP contribution in [0.4, 0.5) is 0 Å². The molecule has 1 unspecified atom stereocenters. The summed E-state index contributed by atoms with van der Waals surface area (Å²) in [5.74, 6) is -1.26. The van der Waals surface area contributed by atoms with Crippen LogP contribution in [0.5, 0.6) is 0 Å². The van der Waals surface area contributed by atoms with Gasteiger partial charge >= 0.3 is 5.97 Å².